The highest BCUT2D eigenvalue weighted by Gasteiger charge is 2.29. The Morgan fingerprint density at radius 3 is 3.00 bits per heavy atom. The number of likely N-dealkylation sites (tertiary alicyclic amines) is 1. The van der Waals surface area contributed by atoms with Crippen LogP contribution < -0.4 is 4.74 Å². The molecular formula is C16H23NO3. The van der Waals surface area contributed by atoms with Crippen LogP contribution in [0.2, 0.25) is 0 Å². The van der Waals surface area contributed by atoms with E-state index in [0.29, 0.717) is 32.1 Å². The molecule has 4 heteroatoms. The van der Waals surface area contributed by atoms with E-state index in [4.69, 9.17) is 9.47 Å². The van der Waals surface area contributed by atoms with Crippen molar-refractivity contribution < 1.29 is 14.3 Å². The third kappa shape index (κ3) is 3.97. The Bertz CT molecular complexity index is 447. The van der Waals surface area contributed by atoms with Crippen molar-refractivity contribution in [3.63, 3.8) is 0 Å². The second-order valence-corrected chi connectivity index (χ2v) is 5.19. The summed E-state index contributed by atoms with van der Waals surface area (Å²) in [4.78, 5) is 13.8. The summed E-state index contributed by atoms with van der Waals surface area (Å²) in [6.45, 7) is 4.80. The fourth-order valence-electron chi connectivity index (χ4n) is 2.67. The van der Waals surface area contributed by atoms with E-state index in [2.05, 4.69) is 12.1 Å². The molecule has 20 heavy (non-hydrogen) atoms. The zero-order valence-electron chi connectivity index (χ0n) is 12.3. The zero-order chi connectivity index (χ0) is 14.4. The maximum absolute atomic E-state index is 11.9. The number of hydrogen-bond acceptors (Lipinski definition) is 3. The molecule has 4 nitrogen and oxygen atoms in total. The first-order valence-electron chi connectivity index (χ1n) is 7.21. The molecule has 0 N–H and O–H groups in total. The van der Waals surface area contributed by atoms with Crippen molar-refractivity contribution in [1.82, 2.24) is 4.90 Å². The van der Waals surface area contributed by atoms with Crippen LogP contribution in [0.4, 0.5) is 0 Å². The van der Waals surface area contributed by atoms with Crippen LogP contribution in [0.15, 0.2) is 24.3 Å². The summed E-state index contributed by atoms with van der Waals surface area (Å²) in [5.74, 6) is 1.55. The van der Waals surface area contributed by atoms with Crippen molar-refractivity contribution in [3.05, 3.63) is 29.8 Å². The number of rotatable bonds is 7. The monoisotopic (exact) mass is 277 g/mol. The van der Waals surface area contributed by atoms with Gasteiger partial charge in [0.1, 0.15) is 5.75 Å². The van der Waals surface area contributed by atoms with Gasteiger partial charge in [0, 0.05) is 26.6 Å². The summed E-state index contributed by atoms with van der Waals surface area (Å²) in [6, 6.07) is 8.16. The minimum atomic E-state index is 0.244. The lowest BCUT2D eigenvalue weighted by atomic mass is 9.98. The molecule has 0 aliphatic carbocycles. The SMILES string of the molecule is CCOc1cccc(CC2CC(=O)N(CCOC)C2)c1. The lowest BCUT2D eigenvalue weighted by molar-refractivity contribution is -0.128. The van der Waals surface area contributed by atoms with Gasteiger partial charge in [-0.1, -0.05) is 12.1 Å². The zero-order valence-corrected chi connectivity index (χ0v) is 12.3. The van der Waals surface area contributed by atoms with Gasteiger partial charge in [-0.3, -0.25) is 4.79 Å². The number of nitrogens with zero attached hydrogens (tertiary/aromatic N) is 1. The van der Waals surface area contributed by atoms with Crippen LogP contribution in [0.5, 0.6) is 5.75 Å². The van der Waals surface area contributed by atoms with Gasteiger partial charge in [0.25, 0.3) is 0 Å². The number of methoxy groups -OCH3 is 1. The molecular weight excluding hydrogens is 254 g/mol. The predicted molar refractivity (Wildman–Crippen MR) is 77.9 cm³/mol. The summed E-state index contributed by atoms with van der Waals surface area (Å²) in [5.41, 5.74) is 1.24. The first kappa shape index (κ1) is 14.9. The van der Waals surface area contributed by atoms with Crippen molar-refractivity contribution in [2.75, 3.05) is 33.4 Å². The van der Waals surface area contributed by atoms with Crippen LogP contribution in [0.25, 0.3) is 0 Å². The van der Waals surface area contributed by atoms with E-state index in [1.807, 2.05) is 24.0 Å². The van der Waals surface area contributed by atoms with E-state index < -0.39 is 0 Å². The maximum atomic E-state index is 11.9. The van der Waals surface area contributed by atoms with Crippen molar-refractivity contribution in [2.24, 2.45) is 5.92 Å². The Hall–Kier alpha value is -1.55. The van der Waals surface area contributed by atoms with Crippen LogP contribution >= 0.6 is 0 Å². The normalized spacial score (nSPS) is 18.6. The van der Waals surface area contributed by atoms with Gasteiger partial charge >= 0.3 is 0 Å². The Morgan fingerprint density at radius 2 is 2.25 bits per heavy atom. The van der Waals surface area contributed by atoms with Crippen molar-refractivity contribution in [2.45, 2.75) is 19.8 Å². The molecule has 1 atom stereocenters. The second kappa shape index (κ2) is 7.29. The average Bonchev–Trinajstić information content (AvgIpc) is 2.77. The van der Waals surface area contributed by atoms with Crippen LogP contribution in [0, 0.1) is 5.92 Å². The Labute approximate surface area is 120 Å². The van der Waals surface area contributed by atoms with Gasteiger partial charge in [-0.15, -0.1) is 0 Å². The quantitative estimate of drug-likeness (QED) is 0.766. The number of benzene rings is 1. The van der Waals surface area contributed by atoms with E-state index >= 15 is 0 Å². The van der Waals surface area contributed by atoms with Gasteiger partial charge in [0.05, 0.1) is 13.2 Å². The molecule has 1 aliphatic heterocycles. The topological polar surface area (TPSA) is 38.8 Å². The fraction of sp³-hybridized carbons (Fsp3) is 0.562. The smallest absolute Gasteiger partial charge is 0.223 e. The summed E-state index contributed by atoms with van der Waals surface area (Å²) in [6.07, 6.45) is 1.57. The van der Waals surface area contributed by atoms with E-state index in [0.717, 1.165) is 18.7 Å². The molecule has 0 spiro atoms. The number of hydrogen-bond donors (Lipinski definition) is 0. The first-order chi connectivity index (χ1) is 9.72. The van der Waals surface area contributed by atoms with E-state index in [9.17, 15) is 4.79 Å². The van der Waals surface area contributed by atoms with Crippen LogP contribution in [-0.2, 0) is 16.0 Å². The van der Waals surface area contributed by atoms with Crippen molar-refractivity contribution >= 4 is 5.91 Å². The van der Waals surface area contributed by atoms with Crippen LogP contribution in [0.3, 0.4) is 0 Å². The molecule has 1 heterocycles. The molecule has 0 bridgehead atoms. The third-order valence-corrected chi connectivity index (χ3v) is 3.59. The fourth-order valence-corrected chi connectivity index (χ4v) is 2.67. The summed E-state index contributed by atoms with van der Waals surface area (Å²) in [5, 5.41) is 0. The van der Waals surface area contributed by atoms with Crippen molar-refractivity contribution in [1.29, 1.82) is 0 Å². The molecule has 0 saturated carbocycles. The molecule has 1 aliphatic rings. The van der Waals surface area contributed by atoms with Crippen LogP contribution in [-0.4, -0.2) is 44.2 Å². The second-order valence-electron chi connectivity index (χ2n) is 5.19. The molecule has 1 saturated heterocycles. The largest absolute Gasteiger partial charge is 0.494 e. The van der Waals surface area contributed by atoms with Crippen molar-refractivity contribution in [3.8, 4) is 5.75 Å². The van der Waals surface area contributed by atoms with Crippen LogP contribution in [0.1, 0.15) is 18.9 Å². The minimum absolute atomic E-state index is 0.244. The lowest BCUT2D eigenvalue weighted by Gasteiger charge is -2.16. The number of amides is 1. The van der Waals surface area contributed by atoms with Gasteiger partial charge in [0.15, 0.2) is 0 Å². The third-order valence-electron chi connectivity index (χ3n) is 3.59. The summed E-state index contributed by atoms with van der Waals surface area (Å²) >= 11 is 0. The van der Waals surface area contributed by atoms with E-state index in [1.54, 1.807) is 7.11 Å². The number of carbonyl (C=O) groups is 1. The molecule has 0 radical (unpaired) electrons. The Morgan fingerprint density at radius 1 is 1.40 bits per heavy atom. The first-order valence-corrected chi connectivity index (χ1v) is 7.21. The molecule has 1 aromatic rings. The van der Waals surface area contributed by atoms with Gasteiger partial charge in [-0.05, 0) is 37.0 Å². The standard InChI is InChI=1S/C16H23NO3/c1-3-20-15-6-4-5-13(10-15)9-14-11-16(18)17(12-14)7-8-19-2/h4-6,10,14H,3,7-9,11-12H2,1-2H3. The predicted octanol–water partition coefficient (Wildman–Crippen LogP) is 2.12. The highest BCUT2D eigenvalue weighted by atomic mass is 16.5. The molecule has 0 aromatic heterocycles. The Kier molecular flexibility index (Phi) is 5.41. The maximum Gasteiger partial charge on any atom is 0.223 e. The van der Waals surface area contributed by atoms with E-state index in [-0.39, 0.29) is 5.91 Å². The molecule has 1 fully saturated rings. The van der Waals surface area contributed by atoms with Gasteiger partial charge in [-0.25, -0.2) is 0 Å². The molecule has 1 unspecified atom stereocenters. The van der Waals surface area contributed by atoms with E-state index in [1.165, 1.54) is 5.56 Å². The highest BCUT2D eigenvalue weighted by Crippen LogP contribution is 2.23. The van der Waals surface area contributed by atoms with Gasteiger partial charge < -0.3 is 14.4 Å². The molecule has 1 amide bonds. The molecule has 2 rings (SSSR count). The van der Waals surface area contributed by atoms with Gasteiger partial charge in [-0.2, -0.15) is 0 Å². The molecule has 1 aromatic carbocycles. The highest BCUT2D eigenvalue weighted by molar-refractivity contribution is 5.78. The summed E-state index contributed by atoms with van der Waals surface area (Å²) in [7, 11) is 1.66. The van der Waals surface area contributed by atoms with Gasteiger partial charge in [0.2, 0.25) is 5.91 Å². The Balaban J connectivity index is 1.90. The minimum Gasteiger partial charge on any atom is -0.494 e. The number of ether oxygens (including phenoxy) is 2. The lowest BCUT2D eigenvalue weighted by Crippen LogP contribution is -2.28. The number of carbonyl (C=O) groups excluding carboxylic acids is 1. The average molecular weight is 277 g/mol. The summed E-state index contributed by atoms with van der Waals surface area (Å²) < 4.78 is 10.6. The molecule has 110 valence electrons.